The largest absolute Gasteiger partial charge is 0.308 e. The van der Waals surface area contributed by atoms with Crippen LogP contribution in [0, 0.1) is 11.3 Å². The van der Waals surface area contributed by atoms with Crippen molar-refractivity contribution in [3.63, 3.8) is 0 Å². The van der Waals surface area contributed by atoms with E-state index in [1.807, 2.05) is 11.3 Å². The minimum absolute atomic E-state index is 0.411. The highest BCUT2D eigenvalue weighted by molar-refractivity contribution is 7.10. The second-order valence-corrected chi connectivity index (χ2v) is 7.42. The Morgan fingerprint density at radius 2 is 2.11 bits per heavy atom. The maximum absolute atomic E-state index is 3.87. The molecular weight excluding hydrogens is 238 g/mol. The maximum Gasteiger partial charge on any atom is 0.0443 e. The highest BCUT2D eigenvalue weighted by atomic mass is 32.1. The van der Waals surface area contributed by atoms with Crippen molar-refractivity contribution in [2.24, 2.45) is 11.3 Å². The Morgan fingerprint density at radius 1 is 1.39 bits per heavy atom. The minimum Gasteiger partial charge on any atom is -0.308 e. The summed E-state index contributed by atoms with van der Waals surface area (Å²) < 4.78 is 0. The second-order valence-electron chi connectivity index (χ2n) is 6.44. The minimum atomic E-state index is 0.411. The van der Waals surface area contributed by atoms with Gasteiger partial charge in [0.15, 0.2) is 0 Å². The van der Waals surface area contributed by atoms with E-state index in [2.05, 4.69) is 43.6 Å². The molecule has 0 spiro atoms. The quantitative estimate of drug-likeness (QED) is 0.762. The van der Waals surface area contributed by atoms with E-state index in [-0.39, 0.29) is 0 Å². The Labute approximate surface area is 116 Å². The van der Waals surface area contributed by atoms with E-state index in [9.17, 15) is 0 Å². The molecule has 102 valence electrons. The molecule has 0 amide bonds. The van der Waals surface area contributed by atoms with Gasteiger partial charge in [0.25, 0.3) is 0 Å². The Hall–Kier alpha value is -0.340. The Bertz CT molecular complexity index is 336. The number of rotatable bonds is 6. The van der Waals surface area contributed by atoms with Crippen LogP contribution in [-0.4, -0.2) is 6.54 Å². The highest BCUT2D eigenvalue weighted by Crippen LogP contribution is 2.37. The van der Waals surface area contributed by atoms with Gasteiger partial charge in [0.2, 0.25) is 0 Å². The number of thiophene rings is 1. The van der Waals surface area contributed by atoms with Crippen molar-refractivity contribution in [3.8, 4) is 0 Å². The fourth-order valence-corrected chi connectivity index (χ4v) is 3.66. The van der Waals surface area contributed by atoms with Crippen LogP contribution in [0.4, 0.5) is 0 Å². The molecule has 1 heterocycles. The van der Waals surface area contributed by atoms with Crippen molar-refractivity contribution >= 4 is 11.3 Å². The molecule has 2 rings (SSSR count). The van der Waals surface area contributed by atoms with Crippen LogP contribution < -0.4 is 5.32 Å². The van der Waals surface area contributed by atoms with Crippen molar-refractivity contribution in [1.29, 1.82) is 0 Å². The summed E-state index contributed by atoms with van der Waals surface area (Å²) in [6, 6.07) is 5.09. The molecule has 1 aromatic heterocycles. The summed E-state index contributed by atoms with van der Waals surface area (Å²) in [6.07, 6.45) is 6.89. The molecule has 1 aliphatic carbocycles. The Kier molecular flexibility index (Phi) is 4.85. The van der Waals surface area contributed by atoms with Gasteiger partial charge in [0.05, 0.1) is 0 Å². The van der Waals surface area contributed by atoms with Gasteiger partial charge in [-0.25, -0.2) is 0 Å². The topological polar surface area (TPSA) is 12.0 Å². The van der Waals surface area contributed by atoms with Crippen LogP contribution in [0.3, 0.4) is 0 Å². The summed E-state index contributed by atoms with van der Waals surface area (Å²) in [5.41, 5.74) is 0.411. The van der Waals surface area contributed by atoms with Gasteiger partial charge in [-0.1, -0.05) is 39.7 Å². The van der Waals surface area contributed by atoms with Gasteiger partial charge in [-0.15, -0.1) is 11.3 Å². The molecule has 1 fully saturated rings. The van der Waals surface area contributed by atoms with Crippen molar-refractivity contribution in [2.45, 2.75) is 58.9 Å². The number of nitrogens with one attached hydrogen (secondary N) is 1. The maximum atomic E-state index is 3.87. The molecular formula is C16H27NS. The SMILES string of the molecule is CCC(C)(C)CNC(c1cccs1)C1CCCC1. The summed E-state index contributed by atoms with van der Waals surface area (Å²) in [5, 5.41) is 6.08. The van der Waals surface area contributed by atoms with Gasteiger partial charge < -0.3 is 5.32 Å². The van der Waals surface area contributed by atoms with Crippen LogP contribution in [-0.2, 0) is 0 Å². The molecule has 1 aliphatic rings. The average Bonchev–Trinajstić information content (AvgIpc) is 3.01. The van der Waals surface area contributed by atoms with E-state index in [1.54, 1.807) is 0 Å². The van der Waals surface area contributed by atoms with E-state index in [4.69, 9.17) is 0 Å². The number of hydrogen-bond donors (Lipinski definition) is 1. The molecule has 0 aromatic carbocycles. The van der Waals surface area contributed by atoms with Gasteiger partial charge in [-0.3, -0.25) is 0 Å². The van der Waals surface area contributed by atoms with Crippen molar-refractivity contribution in [1.82, 2.24) is 5.32 Å². The summed E-state index contributed by atoms with van der Waals surface area (Å²) in [6.45, 7) is 8.14. The highest BCUT2D eigenvalue weighted by Gasteiger charge is 2.28. The molecule has 0 aliphatic heterocycles. The lowest BCUT2D eigenvalue weighted by atomic mass is 9.88. The predicted molar refractivity (Wildman–Crippen MR) is 81.1 cm³/mol. The van der Waals surface area contributed by atoms with Crippen molar-refractivity contribution < 1.29 is 0 Å². The van der Waals surface area contributed by atoms with E-state index < -0.39 is 0 Å². The smallest absolute Gasteiger partial charge is 0.0443 e. The van der Waals surface area contributed by atoms with Gasteiger partial charge in [0.1, 0.15) is 0 Å². The first-order valence-corrected chi connectivity index (χ1v) is 8.27. The van der Waals surface area contributed by atoms with Crippen LogP contribution in [0.5, 0.6) is 0 Å². The fraction of sp³-hybridized carbons (Fsp3) is 0.750. The Morgan fingerprint density at radius 3 is 2.67 bits per heavy atom. The summed E-state index contributed by atoms with van der Waals surface area (Å²) >= 11 is 1.91. The van der Waals surface area contributed by atoms with Crippen LogP contribution in [0.25, 0.3) is 0 Å². The normalized spacial score (nSPS) is 19.3. The fourth-order valence-electron chi connectivity index (χ4n) is 2.77. The zero-order chi connectivity index (χ0) is 13.0. The molecule has 1 N–H and O–H groups in total. The van der Waals surface area contributed by atoms with Crippen molar-refractivity contribution in [3.05, 3.63) is 22.4 Å². The van der Waals surface area contributed by atoms with Crippen LogP contribution in [0.2, 0.25) is 0 Å². The second kappa shape index (κ2) is 6.21. The van der Waals surface area contributed by atoms with E-state index in [1.165, 1.54) is 37.0 Å². The summed E-state index contributed by atoms with van der Waals surface area (Å²) in [4.78, 5) is 1.54. The third kappa shape index (κ3) is 3.58. The molecule has 0 radical (unpaired) electrons. The lowest BCUT2D eigenvalue weighted by Crippen LogP contribution is -2.34. The Balaban J connectivity index is 2.01. The number of hydrogen-bond acceptors (Lipinski definition) is 2. The molecule has 1 atom stereocenters. The van der Waals surface area contributed by atoms with Crippen LogP contribution in [0.15, 0.2) is 17.5 Å². The van der Waals surface area contributed by atoms with Crippen LogP contribution in [0.1, 0.15) is 63.8 Å². The van der Waals surface area contributed by atoms with E-state index >= 15 is 0 Å². The molecule has 1 saturated carbocycles. The van der Waals surface area contributed by atoms with Gasteiger partial charge >= 0.3 is 0 Å². The lowest BCUT2D eigenvalue weighted by Gasteiger charge is -2.30. The molecule has 1 aromatic rings. The third-order valence-corrected chi connectivity index (χ3v) is 5.43. The molecule has 1 unspecified atom stereocenters. The zero-order valence-corrected chi connectivity index (χ0v) is 12.9. The summed E-state index contributed by atoms with van der Waals surface area (Å²) in [5.74, 6) is 0.858. The molecule has 2 heteroatoms. The predicted octanol–water partition coefficient (Wildman–Crippen LogP) is 5.01. The first-order valence-electron chi connectivity index (χ1n) is 7.39. The van der Waals surface area contributed by atoms with E-state index in [0.29, 0.717) is 11.5 Å². The first-order chi connectivity index (χ1) is 8.62. The molecule has 0 bridgehead atoms. The van der Waals surface area contributed by atoms with E-state index in [0.717, 1.165) is 12.5 Å². The molecule has 0 saturated heterocycles. The lowest BCUT2D eigenvalue weighted by molar-refractivity contribution is 0.277. The first kappa shape index (κ1) is 14.1. The standard InChI is InChI=1S/C16H27NS/c1-4-16(2,3)12-17-15(13-8-5-6-9-13)14-10-7-11-18-14/h7,10-11,13,15,17H,4-6,8-9,12H2,1-3H3. The third-order valence-electron chi connectivity index (χ3n) is 4.48. The zero-order valence-electron chi connectivity index (χ0n) is 12.0. The average molecular weight is 265 g/mol. The molecule has 18 heavy (non-hydrogen) atoms. The van der Waals surface area contributed by atoms with Gasteiger partial charge in [0, 0.05) is 17.5 Å². The van der Waals surface area contributed by atoms with Crippen molar-refractivity contribution in [2.75, 3.05) is 6.54 Å². The van der Waals surface area contributed by atoms with Crippen LogP contribution >= 0.6 is 11.3 Å². The van der Waals surface area contributed by atoms with Gasteiger partial charge in [-0.05, 0) is 42.0 Å². The monoisotopic (exact) mass is 265 g/mol. The van der Waals surface area contributed by atoms with Gasteiger partial charge in [-0.2, -0.15) is 0 Å². The molecule has 1 nitrogen and oxygen atoms in total. The summed E-state index contributed by atoms with van der Waals surface area (Å²) in [7, 11) is 0.